The Kier molecular flexibility index (Phi) is 4.77. The molecule has 0 radical (unpaired) electrons. The van der Waals surface area contributed by atoms with Crippen molar-refractivity contribution in [3.05, 3.63) is 35.9 Å². The molecule has 1 unspecified atom stereocenters. The van der Waals surface area contributed by atoms with Gasteiger partial charge in [-0.25, -0.2) is 0 Å². The van der Waals surface area contributed by atoms with E-state index >= 15 is 0 Å². The second kappa shape index (κ2) is 6.26. The van der Waals surface area contributed by atoms with Crippen molar-refractivity contribution in [2.24, 2.45) is 0 Å². The molecule has 1 aromatic carbocycles. The SMILES string of the molecule is COC(C(=O)N1CCN(C)CC1)(c1ccccc1)C(F)(F)F. The fourth-order valence-electron chi connectivity index (χ4n) is 2.63. The summed E-state index contributed by atoms with van der Waals surface area (Å²) in [5.41, 5.74) is -3.15. The van der Waals surface area contributed by atoms with Gasteiger partial charge in [0.2, 0.25) is 0 Å². The molecule has 1 saturated heterocycles. The number of alkyl halides is 3. The molecule has 1 aliphatic rings. The van der Waals surface area contributed by atoms with E-state index in [1.165, 1.54) is 29.2 Å². The van der Waals surface area contributed by atoms with Crippen LogP contribution in [0.3, 0.4) is 0 Å². The fraction of sp³-hybridized carbons (Fsp3) is 0.533. The topological polar surface area (TPSA) is 32.8 Å². The molecule has 1 heterocycles. The summed E-state index contributed by atoms with van der Waals surface area (Å²) in [6.45, 7) is 1.59. The number of benzene rings is 1. The average molecular weight is 316 g/mol. The van der Waals surface area contributed by atoms with E-state index in [1.54, 1.807) is 6.07 Å². The molecule has 2 rings (SSSR count). The maximum absolute atomic E-state index is 13.8. The lowest BCUT2D eigenvalue weighted by molar-refractivity contribution is -0.270. The molecule has 4 nitrogen and oxygen atoms in total. The molecule has 22 heavy (non-hydrogen) atoms. The minimum atomic E-state index is -4.84. The lowest BCUT2D eigenvalue weighted by atomic mass is 9.90. The molecular formula is C15H19F3N2O2. The van der Waals surface area contributed by atoms with Crippen LogP contribution >= 0.6 is 0 Å². The predicted octanol–water partition coefficient (Wildman–Crippen LogP) is 1.86. The van der Waals surface area contributed by atoms with Gasteiger partial charge in [-0.1, -0.05) is 30.3 Å². The first kappa shape index (κ1) is 16.8. The van der Waals surface area contributed by atoms with Gasteiger partial charge in [0, 0.05) is 38.9 Å². The molecule has 1 aliphatic heterocycles. The van der Waals surface area contributed by atoms with Gasteiger partial charge >= 0.3 is 6.18 Å². The van der Waals surface area contributed by atoms with Gasteiger partial charge in [0.1, 0.15) is 0 Å². The number of amides is 1. The Hall–Kier alpha value is -1.60. The molecule has 0 spiro atoms. The molecule has 0 aromatic heterocycles. The van der Waals surface area contributed by atoms with Crippen molar-refractivity contribution in [2.45, 2.75) is 11.8 Å². The molecule has 7 heteroatoms. The van der Waals surface area contributed by atoms with Crippen LogP contribution < -0.4 is 0 Å². The van der Waals surface area contributed by atoms with Crippen molar-refractivity contribution in [1.29, 1.82) is 0 Å². The first-order chi connectivity index (χ1) is 10.3. The van der Waals surface area contributed by atoms with Crippen LogP contribution in [0.15, 0.2) is 30.3 Å². The number of rotatable bonds is 3. The zero-order valence-corrected chi connectivity index (χ0v) is 12.6. The van der Waals surface area contributed by atoms with E-state index in [1.807, 2.05) is 11.9 Å². The Bertz CT molecular complexity index is 513. The summed E-state index contributed by atoms with van der Waals surface area (Å²) in [6.07, 6.45) is -4.84. The Balaban J connectivity index is 2.43. The van der Waals surface area contributed by atoms with Crippen LogP contribution in [0, 0.1) is 0 Å². The van der Waals surface area contributed by atoms with Gasteiger partial charge in [-0.05, 0) is 7.05 Å². The van der Waals surface area contributed by atoms with Gasteiger partial charge in [-0.2, -0.15) is 13.2 Å². The highest BCUT2D eigenvalue weighted by atomic mass is 19.4. The summed E-state index contributed by atoms with van der Waals surface area (Å²) in [7, 11) is 2.79. The quantitative estimate of drug-likeness (QED) is 0.853. The minimum absolute atomic E-state index is 0.200. The van der Waals surface area contributed by atoms with Gasteiger partial charge in [0.05, 0.1) is 0 Å². The number of nitrogens with zero attached hydrogens (tertiary/aromatic N) is 2. The van der Waals surface area contributed by atoms with Crippen molar-refractivity contribution in [3.63, 3.8) is 0 Å². The monoisotopic (exact) mass is 316 g/mol. The molecule has 0 aliphatic carbocycles. The predicted molar refractivity (Wildman–Crippen MR) is 75.3 cm³/mol. The Labute approximate surface area is 127 Å². The van der Waals surface area contributed by atoms with Crippen LogP contribution in [0.25, 0.3) is 0 Å². The van der Waals surface area contributed by atoms with Crippen LogP contribution in [0.2, 0.25) is 0 Å². The van der Waals surface area contributed by atoms with E-state index in [0.717, 1.165) is 7.11 Å². The smallest absolute Gasteiger partial charge is 0.356 e. The maximum Gasteiger partial charge on any atom is 0.430 e. The summed E-state index contributed by atoms with van der Waals surface area (Å²) in [5.74, 6) is -1.05. The third kappa shape index (κ3) is 2.83. The van der Waals surface area contributed by atoms with Crippen LogP contribution in [-0.4, -0.2) is 62.2 Å². The second-order valence-electron chi connectivity index (χ2n) is 5.34. The van der Waals surface area contributed by atoms with Crippen LogP contribution in [0.5, 0.6) is 0 Å². The van der Waals surface area contributed by atoms with Crippen LogP contribution in [-0.2, 0) is 15.1 Å². The summed E-state index contributed by atoms with van der Waals surface area (Å²) >= 11 is 0. The van der Waals surface area contributed by atoms with E-state index in [4.69, 9.17) is 4.74 Å². The maximum atomic E-state index is 13.8. The van der Waals surface area contributed by atoms with E-state index < -0.39 is 17.7 Å². The number of carbonyl (C=O) groups is 1. The van der Waals surface area contributed by atoms with Crippen molar-refractivity contribution in [3.8, 4) is 0 Å². The van der Waals surface area contributed by atoms with E-state index in [2.05, 4.69) is 0 Å². The summed E-state index contributed by atoms with van der Waals surface area (Å²) in [6, 6.07) is 7.06. The van der Waals surface area contributed by atoms with Crippen molar-refractivity contribution in [2.75, 3.05) is 40.3 Å². The van der Waals surface area contributed by atoms with Gasteiger partial charge in [0.15, 0.2) is 0 Å². The highest BCUT2D eigenvalue weighted by molar-refractivity contribution is 5.88. The molecule has 1 amide bonds. The Morgan fingerprint density at radius 1 is 1.09 bits per heavy atom. The Morgan fingerprint density at radius 3 is 2.09 bits per heavy atom. The number of carbonyl (C=O) groups excluding carboxylic acids is 1. The number of hydrogen-bond donors (Lipinski definition) is 0. The van der Waals surface area contributed by atoms with Gasteiger partial charge in [-0.3, -0.25) is 4.79 Å². The first-order valence-corrected chi connectivity index (χ1v) is 6.98. The largest absolute Gasteiger partial charge is 0.430 e. The lowest BCUT2D eigenvalue weighted by Gasteiger charge is -2.40. The molecule has 122 valence electrons. The van der Waals surface area contributed by atoms with E-state index in [0.29, 0.717) is 13.1 Å². The van der Waals surface area contributed by atoms with Crippen molar-refractivity contribution < 1.29 is 22.7 Å². The number of hydrogen-bond acceptors (Lipinski definition) is 3. The number of likely N-dealkylation sites (N-methyl/N-ethyl adjacent to an activating group) is 1. The summed E-state index contributed by atoms with van der Waals surface area (Å²) < 4.78 is 46.1. The van der Waals surface area contributed by atoms with Crippen molar-refractivity contribution in [1.82, 2.24) is 9.80 Å². The van der Waals surface area contributed by atoms with Crippen LogP contribution in [0.4, 0.5) is 13.2 Å². The standard InChI is InChI=1S/C15H19F3N2O2/c1-19-8-10-20(11-9-19)13(21)14(22-2,15(16,17)18)12-6-4-3-5-7-12/h3-7H,8-11H2,1-2H3. The normalized spacial score (nSPS) is 19.8. The molecule has 0 N–H and O–H groups in total. The number of halogens is 3. The zero-order valence-electron chi connectivity index (χ0n) is 12.6. The first-order valence-electron chi connectivity index (χ1n) is 6.98. The number of ether oxygens (including phenoxy) is 1. The van der Waals surface area contributed by atoms with E-state index in [-0.39, 0.29) is 18.7 Å². The fourth-order valence-corrected chi connectivity index (χ4v) is 2.63. The van der Waals surface area contributed by atoms with Crippen molar-refractivity contribution >= 4 is 5.91 Å². The lowest BCUT2D eigenvalue weighted by Crippen LogP contribution is -2.60. The Morgan fingerprint density at radius 2 is 1.64 bits per heavy atom. The molecule has 1 atom stereocenters. The third-order valence-electron chi connectivity index (χ3n) is 3.98. The van der Waals surface area contributed by atoms with Crippen LogP contribution in [0.1, 0.15) is 5.56 Å². The summed E-state index contributed by atoms with van der Waals surface area (Å²) in [4.78, 5) is 15.9. The average Bonchev–Trinajstić information content (AvgIpc) is 2.49. The highest BCUT2D eigenvalue weighted by Gasteiger charge is 2.63. The minimum Gasteiger partial charge on any atom is -0.356 e. The number of methoxy groups -OCH3 is 1. The molecule has 1 fully saturated rings. The molecular weight excluding hydrogens is 297 g/mol. The third-order valence-corrected chi connectivity index (χ3v) is 3.98. The van der Waals surface area contributed by atoms with Gasteiger partial charge in [0.25, 0.3) is 11.5 Å². The zero-order chi connectivity index (χ0) is 16.4. The number of piperazine rings is 1. The molecule has 0 saturated carbocycles. The molecule has 1 aromatic rings. The highest BCUT2D eigenvalue weighted by Crippen LogP contribution is 2.43. The summed E-state index contributed by atoms with van der Waals surface area (Å²) in [5, 5.41) is 0. The molecule has 0 bridgehead atoms. The van der Waals surface area contributed by atoms with E-state index in [9.17, 15) is 18.0 Å². The van der Waals surface area contributed by atoms with Gasteiger partial charge in [-0.15, -0.1) is 0 Å². The van der Waals surface area contributed by atoms with Gasteiger partial charge < -0.3 is 14.5 Å². The second-order valence-corrected chi connectivity index (χ2v) is 5.34.